The van der Waals surface area contributed by atoms with Crippen molar-refractivity contribution in [1.82, 2.24) is 0 Å². The summed E-state index contributed by atoms with van der Waals surface area (Å²) in [6.45, 7) is 4.78. The molecule has 0 bridgehead atoms. The SMILES string of the molecule is CC1(C)c2ccccc2N2c3cc(-c4cccc(F)c4)cc4c3B(c3cccc5c3N4c3ccccc3S5)c3cccc1c32. The van der Waals surface area contributed by atoms with E-state index in [1.54, 1.807) is 6.07 Å². The molecule has 6 aromatic rings. The number of hydrogen-bond donors (Lipinski definition) is 0. The molecule has 6 aromatic carbocycles. The maximum atomic E-state index is 14.7. The molecule has 4 aliphatic rings. The van der Waals surface area contributed by atoms with E-state index in [0.717, 1.165) is 16.8 Å². The molecule has 4 heterocycles. The molecule has 0 radical (unpaired) electrons. The van der Waals surface area contributed by atoms with Crippen LogP contribution in [0.25, 0.3) is 11.1 Å². The summed E-state index contributed by atoms with van der Waals surface area (Å²) in [6, 6.07) is 42.9. The van der Waals surface area contributed by atoms with Gasteiger partial charge in [0.05, 0.1) is 17.1 Å². The first-order valence-corrected chi connectivity index (χ1v) is 16.0. The zero-order chi connectivity index (χ0) is 29.3. The number of nitrogens with zero attached hydrogens (tertiary/aromatic N) is 2. The van der Waals surface area contributed by atoms with Gasteiger partial charge in [-0.2, -0.15) is 0 Å². The Morgan fingerprint density at radius 2 is 1.20 bits per heavy atom. The second kappa shape index (κ2) is 8.46. The van der Waals surface area contributed by atoms with E-state index in [4.69, 9.17) is 0 Å². The van der Waals surface area contributed by atoms with Gasteiger partial charge in [-0.1, -0.05) is 98.4 Å². The highest BCUT2D eigenvalue weighted by Crippen LogP contribution is 2.57. The molecule has 10 rings (SSSR count). The first-order chi connectivity index (χ1) is 21.5. The summed E-state index contributed by atoms with van der Waals surface area (Å²) >= 11 is 1.85. The fourth-order valence-corrected chi connectivity index (χ4v) is 9.27. The molecule has 0 amide bonds. The number of para-hydroxylation sites is 4. The van der Waals surface area contributed by atoms with Crippen LogP contribution >= 0.6 is 11.8 Å². The van der Waals surface area contributed by atoms with Gasteiger partial charge in [0.25, 0.3) is 6.71 Å². The van der Waals surface area contributed by atoms with Crippen molar-refractivity contribution in [3.05, 3.63) is 138 Å². The molecule has 0 N–H and O–H groups in total. The third-order valence-electron chi connectivity index (χ3n) is 10.0. The predicted octanol–water partition coefficient (Wildman–Crippen LogP) is 8.68. The molecular formula is C39H26BFN2S. The van der Waals surface area contributed by atoms with E-state index in [1.165, 1.54) is 71.8 Å². The fraction of sp³-hybridized carbons (Fsp3) is 0.0769. The third kappa shape index (κ3) is 3.03. The Kier molecular flexibility index (Phi) is 4.74. The molecule has 0 atom stereocenters. The fourth-order valence-electron chi connectivity index (χ4n) is 8.17. The van der Waals surface area contributed by atoms with E-state index < -0.39 is 0 Å². The molecule has 2 nitrogen and oxygen atoms in total. The topological polar surface area (TPSA) is 6.48 Å². The van der Waals surface area contributed by atoms with Gasteiger partial charge in [-0.3, -0.25) is 0 Å². The molecule has 208 valence electrons. The number of halogens is 1. The number of fused-ring (bicyclic) bond motifs is 8. The van der Waals surface area contributed by atoms with Crippen LogP contribution in [0.15, 0.2) is 131 Å². The van der Waals surface area contributed by atoms with Crippen molar-refractivity contribution in [2.75, 3.05) is 9.80 Å². The van der Waals surface area contributed by atoms with Crippen LogP contribution in [0.3, 0.4) is 0 Å². The Balaban J connectivity index is 1.38. The second-order valence-electron chi connectivity index (χ2n) is 12.7. The summed E-state index contributed by atoms with van der Waals surface area (Å²) in [6.07, 6.45) is 0. The van der Waals surface area contributed by atoms with Gasteiger partial charge in [-0.25, -0.2) is 4.39 Å². The molecule has 0 unspecified atom stereocenters. The first kappa shape index (κ1) is 24.7. The molecule has 0 aliphatic carbocycles. The summed E-state index contributed by atoms with van der Waals surface area (Å²) in [7, 11) is 0. The van der Waals surface area contributed by atoms with Crippen LogP contribution in [0.5, 0.6) is 0 Å². The van der Waals surface area contributed by atoms with Crippen LogP contribution in [0.4, 0.5) is 38.5 Å². The summed E-state index contributed by atoms with van der Waals surface area (Å²) in [5.41, 5.74) is 15.6. The van der Waals surface area contributed by atoms with Crippen LogP contribution in [-0.2, 0) is 5.41 Å². The molecule has 44 heavy (non-hydrogen) atoms. The molecule has 0 aromatic heterocycles. The zero-order valence-corrected chi connectivity index (χ0v) is 25.1. The van der Waals surface area contributed by atoms with E-state index >= 15 is 0 Å². The van der Waals surface area contributed by atoms with Gasteiger partial charge >= 0.3 is 0 Å². The van der Waals surface area contributed by atoms with Crippen molar-refractivity contribution in [2.24, 2.45) is 0 Å². The van der Waals surface area contributed by atoms with E-state index in [2.05, 4.69) is 121 Å². The summed E-state index contributed by atoms with van der Waals surface area (Å²) in [5, 5.41) is 0. The predicted molar refractivity (Wildman–Crippen MR) is 182 cm³/mol. The monoisotopic (exact) mass is 584 g/mol. The Bertz CT molecular complexity index is 2240. The quantitative estimate of drug-likeness (QED) is 0.178. The van der Waals surface area contributed by atoms with Gasteiger partial charge in [0.1, 0.15) is 5.82 Å². The molecule has 0 saturated heterocycles. The van der Waals surface area contributed by atoms with Gasteiger partial charge in [0.15, 0.2) is 0 Å². The Morgan fingerprint density at radius 3 is 2.02 bits per heavy atom. The smallest absolute Gasteiger partial charge is 0.252 e. The lowest BCUT2D eigenvalue weighted by molar-refractivity contribution is 0.628. The normalized spacial score (nSPS) is 15.6. The lowest BCUT2D eigenvalue weighted by Gasteiger charge is -2.50. The standard InChI is InChI=1S/C39H26BFN2S/c1-39(2)26-12-3-4-16-30(26)42-32-21-24(23-10-7-11-25(41)20-23)22-33-36(32)40(28-14-8-13-27(39)37(28)42)29-15-9-19-35-38(29)43(33)31-17-5-6-18-34(31)44-35/h3-22H,1-2H3. The van der Waals surface area contributed by atoms with Gasteiger partial charge in [0.2, 0.25) is 0 Å². The van der Waals surface area contributed by atoms with Crippen molar-refractivity contribution < 1.29 is 4.39 Å². The Hall–Kier alpha value is -4.74. The van der Waals surface area contributed by atoms with Crippen molar-refractivity contribution in [3.63, 3.8) is 0 Å². The Morgan fingerprint density at radius 1 is 0.568 bits per heavy atom. The van der Waals surface area contributed by atoms with Gasteiger partial charge in [-0.05, 0) is 87.2 Å². The van der Waals surface area contributed by atoms with E-state index in [9.17, 15) is 4.39 Å². The molecule has 0 spiro atoms. The molecular weight excluding hydrogens is 558 g/mol. The number of anilines is 6. The van der Waals surface area contributed by atoms with E-state index in [1.807, 2.05) is 23.9 Å². The average molecular weight is 585 g/mol. The summed E-state index contributed by atoms with van der Waals surface area (Å²) in [4.78, 5) is 7.48. The van der Waals surface area contributed by atoms with Crippen molar-refractivity contribution >= 4 is 69.0 Å². The lowest BCUT2D eigenvalue weighted by Crippen LogP contribution is -2.62. The highest BCUT2D eigenvalue weighted by molar-refractivity contribution is 7.99. The van der Waals surface area contributed by atoms with Crippen molar-refractivity contribution in [2.45, 2.75) is 29.1 Å². The van der Waals surface area contributed by atoms with Gasteiger partial charge < -0.3 is 9.80 Å². The highest BCUT2D eigenvalue weighted by atomic mass is 32.2. The largest absolute Gasteiger partial charge is 0.311 e. The van der Waals surface area contributed by atoms with Gasteiger partial charge in [0, 0.05) is 32.3 Å². The van der Waals surface area contributed by atoms with Crippen LogP contribution in [0, 0.1) is 5.82 Å². The summed E-state index contributed by atoms with van der Waals surface area (Å²) < 4.78 is 14.7. The number of rotatable bonds is 1. The minimum Gasteiger partial charge on any atom is -0.311 e. The first-order valence-electron chi connectivity index (χ1n) is 15.2. The average Bonchev–Trinajstić information content (AvgIpc) is 3.05. The highest BCUT2D eigenvalue weighted by Gasteiger charge is 2.49. The van der Waals surface area contributed by atoms with Crippen molar-refractivity contribution in [1.29, 1.82) is 0 Å². The maximum Gasteiger partial charge on any atom is 0.252 e. The minimum atomic E-state index is -0.225. The van der Waals surface area contributed by atoms with Crippen LogP contribution in [-0.4, -0.2) is 6.71 Å². The van der Waals surface area contributed by atoms with Crippen LogP contribution in [0.1, 0.15) is 25.0 Å². The number of hydrogen-bond acceptors (Lipinski definition) is 3. The van der Waals surface area contributed by atoms with E-state index in [0.29, 0.717) is 0 Å². The van der Waals surface area contributed by atoms with Crippen molar-refractivity contribution in [3.8, 4) is 11.1 Å². The zero-order valence-electron chi connectivity index (χ0n) is 24.3. The molecule has 0 fully saturated rings. The van der Waals surface area contributed by atoms with Gasteiger partial charge in [-0.15, -0.1) is 0 Å². The third-order valence-corrected chi connectivity index (χ3v) is 11.2. The maximum absolute atomic E-state index is 14.7. The number of benzene rings is 6. The molecule has 0 saturated carbocycles. The van der Waals surface area contributed by atoms with Crippen LogP contribution in [0.2, 0.25) is 0 Å². The Labute approximate surface area is 260 Å². The summed E-state index contributed by atoms with van der Waals surface area (Å²) in [5.74, 6) is -0.225. The van der Waals surface area contributed by atoms with E-state index in [-0.39, 0.29) is 17.9 Å². The minimum absolute atomic E-state index is 0.0749. The van der Waals surface area contributed by atoms with Crippen LogP contribution < -0.4 is 26.2 Å². The molecule has 5 heteroatoms. The molecule has 4 aliphatic heterocycles. The lowest BCUT2D eigenvalue weighted by atomic mass is 9.33. The second-order valence-corrected chi connectivity index (χ2v) is 13.8.